The second-order valence-electron chi connectivity index (χ2n) is 10.5. The van der Waals surface area contributed by atoms with Crippen molar-refractivity contribution in [2.75, 3.05) is 0 Å². The Kier molecular flexibility index (Phi) is 7.12. The van der Waals surface area contributed by atoms with E-state index in [1.165, 1.54) is 22.3 Å². The zero-order valence-electron chi connectivity index (χ0n) is 20.9. The molecule has 6 heteroatoms. The predicted molar refractivity (Wildman–Crippen MR) is 147 cm³/mol. The maximum absolute atomic E-state index is 14.1. The summed E-state index contributed by atoms with van der Waals surface area (Å²) in [5.74, 6) is -1.40. The van der Waals surface area contributed by atoms with E-state index in [9.17, 15) is 4.79 Å². The molecule has 1 N–H and O–H groups in total. The van der Waals surface area contributed by atoms with Gasteiger partial charge in [-0.05, 0) is 0 Å². The summed E-state index contributed by atoms with van der Waals surface area (Å²) in [5.41, 5.74) is 7.77. The number of fused-ring (bicyclic) bond motifs is 3. The maximum atomic E-state index is 14.1. The van der Waals surface area contributed by atoms with Crippen LogP contribution >= 0.6 is 17.0 Å². The van der Waals surface area contributed by atoms with Crippen LogP contribution in [0.1, 0.15) is 72.1 Å². The molecule has 179 valence electrons. The zero-order valence-corrected chi connectivity index (χ0v) is 26.0. The molecular formula is C28H34Cl2NOSiZr. The van der Waals surface area contributed by atoms with Gasteiger partial charge in [-0.2, -0.15) is 0 Å². The molecule has 1 aliphatic carbocycles. The first-order valence-electron chi connectivity index (χ1n) is 12.2. The van der Waals surface area contributed by atoms with Gasteiger partial charge >= 0.3 is 215 Å². The van der Waals surface area contributed by atoms with Crippen molar-refractivity contribution < 1.29 is 20.6 Å². The molecule has 0 saturated carbocycles. The van der Waals surface area contributed by atoms with Gasteiger partial charge in [0, 0.05) is 0 Å². The van der Waals surface area contributed by atoms with Crippen molar-refractivity contribution in [3.63, 3.8) is 0 Å². The zero-order chi connectivity index (χ0) is 24.9. The molecule has 1 amide bonds. The van der Waals surface area contributed by atoms with Crippen LogP contribution in [0.25, 0.3) is 11.1 Å². The Balaban J connectivity index is 1.87. The van der Waals surface area contributed by atoms with Gasteiger partial charge in [0.15, 0.2) is 0 Å². The van der Waals surface area contributed by atoms with Crippen LogP contribution in [-0.2, 0) is 22.3 Å². The van der Waals surface area contributed by atoms with E-state index in [2.05, 4.69) is 98.6 Å². The molecule has 3 aromatic carbocycles. The Labute approximate surface area is 213 Å². The van der Waals surface area contributed by atoms with Crippen LogP contribution in [0.3, 0.4) is 0 Å². The fourth-order valence-electron chi connectivity index (χ4n) is 5.19. The Hall–Kier alpha value is -1.19. The van der Waals surface area contributed by atoms with Gasteiger partial charge in [0.05, 0.1) is 0 Å². The van der Waals surface area contributed by atoms with E-state index < -0.39 is 21.8 Å². The number of halogens is 2. The fraction of sp³-hybridized carbons (Fsp3) is 0.321. The number of rotatable bonds is 6. The summed E-state index contributed by atoms with van der Waals surface area (Å²) in [7, 11) is 15.4. The first-order valence-corrected chi connectivity index (χ1v) is 28.1. The molecule has 0 saturated heterocycles. The van der Waals surface area contributed by atoms with Crippen molar-refractivity contribution in [3.05, 3.63) is 88.5 Å². The topological polar surface area (TPSA) is 29.1 Å². The standard InChI is InChI=1S/C13H19NO.C13H9.C2H7Si.2ClH.Zr/c1-8(2)10-6-5-7-11(9(3)4)12(10)13(14)15;1-3-7-12-10(5-1)9-11-6-2-4-8-13(11)12;1-3-2;;;/h5-9H,1-4H3,(H2,14,15);1-5,7-8H,9H2;3H,1-2H3;2*1H;/q;;;;;+3/p-3. The minimum atomic E-state index is -4.93. The summed E-state index contributed by atoms with van der Waals surface area (Å²) < 4.78 is 4.43. The minimum absolute atomic E-state index is 0.113. The van der Waals surface area contributed by atoms with Gasteiger partial charge in [-0.15, -0.1) is 0 Å². The third kappa shape index (κ3) is 4.30. The second kappa shape index (κ2) is 9.36. The molecule has 0 atom stereocenters. The van der Waals surface area contributed by atoms with Crippen LogP contribution in [0.5, 0.6) is 0 Å². The molecule has 3 aromatic rings. The average Bonchev–Trinajstić information content (AvgIpc) is 3.16. The van der Waals surface area contributed by atoms with E-state index in [0.29, 0.717) is 0 Å². The van der Waals surface area contributed by atoms with Crippen LogP contribution in [0.4, 0.5) is 0 Å². The van der Waals surface area contributed by atoms with Crippen LogP contribution in [0, 0.1) is 0 Å². The van der Waals surface area contributed by atoms with E-state index >= 15 is 0 Å². The number of amides is 1. The number of benzene rings is 3. The number of hydrogen-bond acceptors (Lipinski definition) is 1. The Bertz CT molecular complexity index is 1240. The Morgan fingerprint density at radius 3 is 2.00 bits per heavy atom. The van der Waals surface area contributed by atoms with Crippen molar-refractivity contribution in [3.8, 4) is 11.1 Å². The van der Waals surface area contributed by atoms with Crippen LogP contribution in [-0.4, -0.2) is 11.8 Å². The number of hydrogen-bond donors (Lipinski definition) is 1. The summed E-state index contributed by atoms with van der Waals surface area (Å²) >= 11 is -4.93. The van der Waals surface area contributed by atoms with Crippen LogP contribution < -0.4 is 6.53 Å². The fourth-order valence-corrected chi connectivity index (χ4v) is 22.9. The molecule has 0 unspecified atom stereocenters. The van der Waals surface area contributed by atoms with Crippen molar-refractivity contribution >= 4 is 32.1 Å². The third-order valence-corrected chi connectivity index (χ3v) is 51.3. The van der Waals surface area contributed by atoms with Crippen molar-refractivity contribution in [2.45, 2.75) is 59.0 Å². The van der Waals surface area contributed by atoms with E-state index in [0.717, 1.165) is 26.4 Å². The molecule has 0 bridgehead atoms. The monoisotopic (exact) mass is 588 g/mol. The normalized spacial score (nSPS) is 14.1. The predicted octanol–water partition coefficient (Wildman–Crippen LogP) is 7.46. The first-order chi connectivity index (χ1) is 15.9. The van der Waals surface area contributed by atoms with Crippen molar-refractivity contribution in [1.82, 2.24) is 3.26 Å². The molecule has 4 rings (SSSR count). The molecule has 2 nitrogen and oxygen atoms in total. The SMILES string of the molecule is CC(C)c1cccc(C(C)C)c1C(=O)[NH][Zr]([Cl])([Cl])([c]1cccc2c1Cc1ccccc1-2)[SiH](C)C. The molecular weight excluding hydrogens is 557 g/mol. The van der Waals surface area contributed by atoms with E-state index in [1.807, 2.05) is 6.07 Å². The summed E-state index contributed by atoms with van der Waals surface area (Å²) in [4.78, 5) is 14.1. The van der Waals surface area contributed by atoms with Gasteiger partial charge in [0.2, 0.25) is 0 Å². The van der Waals surface area contributed by atoms with Crippen molar-refractivity contribution in [2.24, 2.45) is 0 Å². The van der Waals surface area contributed by atoms with Gasteiger partial charge in [0.1, 0.15) is 0 Å². The van der Waals surface area contributed by atoms with Gasteiger partial charge in [-0.3, -0.25) is 0 Å². The summed E-state index contributed by atoms with van der Waals surface area (Å²) in [6.45, 7) is 12.9. The molecule has 0 fully saturated rings. The summed E-state index contributed by atoms with van der Waals surface area (Å²) in [5, 5.41) is 0. The second-order valence-corrected chi connectivity index (χ2v) is 50.2. The molecule has 0 heterocycles. The van der Waals surface area contributed by atoms with Gasteiger partial charge in [0.25, 0.3) is 0 Å². The Morgan fingerprint density at radius 1 is 0.853 bits per heavy atom. The average molecular weight is 591 g/mol. The van der Waals surface area contributed by atoms with Gasteiger partial charge in [-0.25, -0.2) is 0 Å². The quantitative estimate of drug-likeness (QED) is 0.232. The molecule has 0 radical (unpaired) electrons. The molecule has 0 spiro atoms. The van der Waals surface area contributed by atoms with Gasteiger partial charge < -0.3 is 0 Å². The van der Waals surface area contributed by atoms with Gasteiger partial charge in [-0.1, -0.05) is 0 Å². The molecule has 0 aliphatic heterocycles. The number of carbonyl (C=O) groups excluding carboxylic acids is 1. The third-order valence-electron chi connectivity index (χ3n) is 7.30. The Morgan fingerprint density at radius 2 is 1.41 bits per heavy atom. The molecule has 34 heavy (non-hydrogen) atoms. The van der Waals surface area contributed by atoms with E-state index in [4.69, 9.17) is 17.0 Å². The number of nitrogens with one attached hydrogen (secondary N) is 1. The van der Waals surface area contributed by atoms with E-state index in [-0.39, 0.29) is 17.7 Å². The van der Waals surface area contributed by atoms with E-state index in [1.54, 1.807) is 0 Å². The first kappa shape index (κ1) is 25.9. The van der Waals surface area contributed by atoms with Crippen LogP contribution in [0.2, 0.25) is 13.1 Å². The summed E-state index contributed by atoms with van der Waals surface area (Å²) in [6, 6.07) is 20.9. The number of carbonyl (C=O) groups is 1. The van der Waals surface area contributed by atoms with Crippen LogP contribution in [0.15, 0.2) is 60.7 Å². The molecule has 0 aromatic heterocycles. The summed E-state index contributed by atoms with van der Waals surface area (Å²) in [6.07, 6.45) is 0.807. The molecule has 1 aliphatic rings. The van der Waals surface area contributed by atoms with Crippen molar-refractivity contribution in [1.29, 1.82) is 0 Å².